The molecule has 0 aliphatic heterocycles. The Kier molecular flexibility index (Phi) is 7.35. The summed E-state index contributed by atoms with van der Waals surface area (Å²) in [5.74, 6) is -0.240. The molecule has 0 saturated heterocycles. The van der Waals surface area contributed by atoms with Crippen molar-refractivity contribution in [2.24, 2.45) is 5.73 Å². The van der Waals surface area contributed by atoms with Gasteiger partial charge in [0.1, 0.15) is 0 Å². The first-order chi connectivity index (χ1) is 8.95. The number of nitrogens with one attached hydrogen (secondary N) is 1. The van der Waals surface area contributed by atoms with Crippen LogP contribution in [-0.2, 0) is 11.3 Å². The second-order valence-corrected chi connectivity index (χ2v) is 4.96. The van der Waals surface area contributed by atoms with Crippen molar-refractivity contribution in [2.75, 3.05) is 5.32 Å². The molecule has 0 bridgehead atoms. The first-order valence-electron chi connectivity index (χ1n) is 5.97. The van der Waals surface area contributed by atoms with Crippen molar-refractivity contribution in [3.05, 3.63) is 42.5 Å². The number of hydrogen-bond acceptors (Lipinski definition) is 4. The van der Waals surface area contributed by atoms with Gasteiger partial charge in [0.25, 0.3) is 0 Å². The van der Waals surface area contributed by atoms with Crippen LogP contribution in [0.25, 0.3) is 0 Å². The van der Waals surface area contributed by atoms with E-state index in [2.05, 4.69) is 15.4 Å². The van der Waals surface area contributed by atoms with Crippen LogP contribution >= 0.6 is 24.8 Å². The minimum Gasteiger partial charge on any atom is -0.322 e. The van der Waals surface area contributed by atoms with Gasteiger partial charge in [-0.3, -0.25) is 14.5 Å². The summed E-state index contributed by atoms with van der Waals surface area (Å²) in [5.41, 5.74) is 6.53. The van der Waals surface area contributed by atoms with Gasteiger partial charge in [-0.2, -0.15) is 5.10 Å². The predicted octanol–water partition coefficient (Wildman–Crippen LogP) is 1.85. The topological polar surface area (TPSA) is 85.8 Å². The fourth-order valence-corrected chi connectivity index (χ4v) is 1.48. The molecule has 0 saturated carbocycles. The summed E-state index contributed by atoms with van der Waals surface area (Å²) in [7, 11) is 0. The van der Waals surface area contributed by atoms with Crippen molar-refractivity contribution < 1.29 is 4.79 Å². The molecule has 0 fully saturated rings. The number of amides is 1. The van der Waals surface area contributed by atoms with E-state index in [0.717, 1.165) is 5.56 Å². The molecule has 21 heavy (non-hydrogen) atoms. The van der Waals surface area contributed by atoms with Gasteiger partial charge in [0.15, 0.2) is 0 Å². The van der Waals surface area contributed by atoms with Gasteiger partial charge < -0.3 is 11.1 Å². The number of halogens is 2. The molecule has 8 heteroatoms. The van der Waals surface area contributed by atoms with Crippen LogP contribution in [0.3, 0.4) is 0 Å². The first kappa shape index (κ1) is 19.4. The lowest BCUT2D eigenvalue weighted by molar-refractivity contribution is -0.120. The molecule has 2 aromatic rings. The van der Waals surface area contributed by atoms with Crippen LogP contribution in [0, 0.1) is 0 Å². The summed E-state index contributed by atoms with van der Waals surface area (Å²) in [4.78, 5) is 15.7. The Morgan fingerprint density at radius 3 is 2.52 bits per heavy atom. The fraction of sp³-hybridized carbons (Fsp3) is 0.308. The Morgan fingerprint density at radius 1 is 1.33 bits per heavy atom. The van der Waals surface area contributed by atoms with Crippen molar-refractivity contribution in [3.8, 4) is 0 Å². The molecule has 0 unspecified atom stereocenters. The number of nitrogens with two attached hydrogens (primary N) is 1. The third-order valence-electron chi connectivity index (χ3n) is 2.57. The SMILES string of the molecule is CC(C)(N)C(=O)Nc1cnn(Cc2ccncc2)c1.Cl.Cl. The maximum absolute atomic E-state index is 11.7. The summed E-state index contributed by atoms with van der Waals surface area (Å²) >= 11 is 0. The minimum absolute atomic E-state index is 0. The lowest BCUT2D eigenvalue weighted by Gasteiger charge is -2.16. The second-order valence-electron chi connectivity index (χ2n) is 4.96. The number of anilines is 1. The van der Waals surface area contributed by atoms with E-state index in [0.29, 0.717) is 12.2 Å². The van der Waals surface area contributed by atoms with Crippen LogP contribution in [0.2, 0.25) is 0 Å². The first-order valence-corrected chi connectivity index (χ1v) is 5.97. The highest BCUT2D eigenvalue weighted by atomic mass is 35.5. The normalized spacial score (nSPS) is 10.2. The lowest BCUT2D eigenvalue weighted by Crippen LogP contribution is -2.45. The number of pyridine rings is 1. The molecule has 0 spiro atoms. The van der Waals surface area contributed by atoms with E-state index in [1.807, 2.05) is 12.1 Å². The summed E-state index contributed by atoms with van der Waals surface area (Å²) in [6, 6.07) is 3.84. The van der Waals surface area contributed by atoms with Crippen molar-refractivity contribution in [2.45, 2.75) is 25.9 Å². The smallest absolute Gasteiger partial charge is 0.243 e. The Hall–Kier alpha value is -1.63. The fourth-order valence-electron chi connectivity index (χ4n) is 1.48. The maximum Gasteiger partial charge on any atom is 0.243 e. The molecule has 116 valence electrons. The Labute approximate surface area is 135 Å². The van der Waals surface area contributed by atoms with E-state index in [-0.39, 0.29) is 30.7 Å². The number of aromatic nitrogens is 3. The van der Waals surface area contributed by atoms with E-state index in [9.17, 15) is 4.79 Å². The van der Waals surface area contributed by atoms with Gasteiger partial charge in [-0.05, 0) is 31.5 Å². The summed E-state index contributed by atoms with van der Waals surface area (Å²) in [5, 5.41) is 6.92. The third-order valence-corrected chi connectivity index (χ3v) is 2.57. The molecule has 0 radical (unpaired) electrons. The van der Waals surface area contributed by atoms with Crippen molar-refractivity contribution in [1.29, 1.82) is 0 Å². The van der Waals surface area contributed by atoms with Crippen molar-refractivity contribution in [1.82, 2.24) is 14.8 Å². The standard InChI is InChI=1S/C13H17N5O.2ClH/c1-13(2,14)12(19)17-11-7-16-18(9-11)8-10-3-5-15-6-4-10;;/h3-7,9H,8,14H2,1-2H3,(H,17,19);2*1H. The van der Waals surface area contributed by atoms with Gasteiger partial charge in [0.05, 0.1) is 24.0 Å². The van der Waals surface area contributed by atoms with Gasteiger partial charge in [-0.25, -0.2) is 0 Å². The highest BCUT2D eigenvalue weighted by molar-refractivity contribution is 5.97. The average molecular weight is 332 g/mol. The van der Waals surface area contributed by atoms with E-state index in [4.69, 9.17) is 5.73 Å². The lowest BCUT2D eigenvalue weighted by atomic mass is 10.1. The van der Waals surface area contributed by atoms with E-state index in [1.54, 1.807) is 43.3 Å². The highest BCUT2D eigenvalue weighted by Gasteiger charge is 2.22. The molecule has 0 aromatic carbocycles. The van der Waals surface area contributed by atoms with Crippen LogP contribution in [0.4, 0.5) is 5.69 Å². The number of carbonyl (C=O) groups is 1. The zero-order chi connectivity index (χ0) is 13.9. The van der Waals surface area contributed by atoms with Crippen LogP contribution in [0.1, 0.15) is 19.4 Å². The van der Waals surface area contributed by atoms with Crippen LogP contribution in [0.15, 0.2) is 36.9 Å². The summed E-state index contributed by atoms with van der Waals surface area (Å²) in [6.45, 7) is 3.94. The molecule has 0 atom stereocenters. The molecule has 0 aliphatic rings. The highest BCUT2D eigenvalue weighted by Crippen LogP contribution is 2.09. The van der Waals surface area contributed by atoms with Crippen LogP contribution < -0.4 is 11.1 Å². The van der Waals surface area contributed by atoms with Crippen molar-refractivity contribution >= 4 is 36.4 Å². The zero-order valence-electron chi connectivity index (χ0n) is 11.8. The Bertz CT molecular complexity index is 565. The number of hydrogen-bond donors (Lipinski definition) is 2. The predicted molar refractivity (Wildman–Crippen MR) is 87.0 cm³/mol. The van der Waals surface area contributed by atoms with Gasteiger partial charge >= 0.3 is 0 Å². The van der Waals surface area contributed by atoms with Gasteiger partial charge in [0.2, 0.25) is 5.91 Å². The molecule has 0 aliphatic carbocycles. The quantitative estimate of drug-likeness (QED) is 0.895. The zero-order valence-corrected chi connectivity index (χ0v) is 13.4. The molecule has 2 aromatic heterocycles. The summed E-state index contributed by atoms with van der Waals surface area (Å²) < 4.78 is 1.74. The monoisotopic (exact) mass is 331 g/mol. The number of carbonyl (C=O) groups excluding carboxylic acids is 1. The van der Waals surface area contributed by atoms with E-state index in [1.165, 1.54) is 0 Å². The van der Waals surface area contributed by atoms with E-state index >= 15 is 0 Å². The average Bonchev–Trinajstić information content (AvgIpc) is 2.76. The van der Waals surface area contributed by atoms with Gasteiger partial charge in [0, 0.05) is 18.6 Å². The second kappa shape index (κ2) is 7.97. The molecule has 2 heterocycles. The molecule has 1 amide bonds. The molecule has 6 nitrogen and oxygen atoms in total. The molecule has 3 N–H and O–H groups in total. The van der Waals surface area contributed by atoms with Gasteiger partial charge in [-0.15, -0.1) is 24.8 Å². The van der Waals surface area contributed by atoms with Crippen LogP contribution in [-0.4, -0.2) is 26.2 Å². The Balaban J connectivity index is 0.00000200. The third kappa shape index (κ3) is 5.71. The largest absolute Gasteiger partial charge is 0.322 e. The minimum atomic E-state index is -0.910. The summed E-state index contributed by atoms with van der Waals surface area (Å²) in [6.07, 6.45) is 6.84. The van der Waals surface area contributed by atoms with Crippen LogP contribution in [0.5, 0.6) is 0 Å². The van der Waals surface area contributed by atoms with Gasteiger partial charge in [-0.1, -0.05) is 0 Å². The molecular weight excluding hydrogens is 313 g/mol. The Morgan fingerprint density at radius 2 is 1.95 bits per heavy atom. The molecule has 2 rings (SSSR count). The van der Waals surface area contributed by atoms with E-state index < -0.39 is 5.54 Å². The maximum atomic E-state index is 11.7. The number of nitrogens with zero attached hydrogens (tertiary/aromatic N) is 3. The number of rotatable bonds is 4. The van der Waals surface area contributed by atoms with Crippen molar-refractivity contribution in [3.63, 3.8) is 0 Å². The molecular formula is C13H19Cl2N5O.